The molecule has 0 radical (unpaired) electrons. The first-order valence-electron chi connectivity index (χ1n) is 9.51. The molecule has 0 aliphatic carbocycles. The van der Waals surface area contributed by atoms with E-state index in [1.54, 1.807) is 13.0 Å². The largest absolute Gasteiger partial charge is 0.344 e. The normalized spacial score (nSPS) is 11.9. The molecular weight excluding hydrogens is 348 g/mol. The summed E-state index contributed by atoms with van der Waals surface area (Å²) < 4.78 is 0. The third kappa shape index (κ3) is 4.94. The predicted octanol–water partition coefficient (Wildman–Crippen LogP) is 5.14. The number of nitrogens with one attached hydrogen (secondary N) is 2. The molecule has 28 heavy (non-hydrogen) atoms. The minimum absolute atomic E-state index is 0.107. The molecule has 5 nitrogen and oxygen atoms in total. The van der Waals surface area contributed by atoms with Gasteiger partial charge in [0.2, 0.25) is 0 Å². The molecule has 2 aromatic carbocycles. The molecule has 3 rings (SSSR count). The number of carbonyl (C=O) groups is 1. The number of rotatable bonds is 6. The lowest BCUT2D eigenvalue weighted by atomic mass is 10.0. The molecule has 0 aliphatic rings. The van der Waals surface area contributed by atoms with Crippen LogP contribution < -0.4 is 10.6 Å². The van der Waals surface area contributed by atoms with Crippen molar-refractivity contribution in [3.8, 4) is 0 Å². The van der Waals surface area contributed by atoms with E-state index in [1.165, 1.54) is 5.56 Å². The molecule has 0 fully saturated rings. The van der Waals surface area contributed by atoms with Gasteiger partial charge in [-0.3, -0.25) is 4.79 Å². The maximum absolute atomic E-state index is 12.7. The molecule has 2 N–H and O–H groups in total. The molecule has 1 heterocycles. The highest BCUT2D eigenvalue weighted by molar-refractivity contribution is 5.93. The zero-order valence-electron chi connectivity index (χ0n) is 16.7. The van der Waals surface area contributed by atoms with E-state index in [4.69, 9.17) is 0 Å². The zero-order valence-corrected chi connectivity index (χ0v) is 16.7. The first kappa shape index (κ1) is 19.5. The van der Waals surface area contributed by atoms with Gasteiger partial charge in [-0.1, -0.05) is 56.3 Å². The molecule has 3 aromatic rings. The van der Waals surface area contributed by atoms with Crippen LogP contribution in [0.4, 0.5) is 11.5 Å². The van der Waals surface area contributed by atoms with E-state index in [2.05, 4.69) is 46.6 Å². The second-order valence-corrected chi connectivity index (χ2v) is 7.19. The predicted molar refractivity (Wildman–Crippen MR) is 113 cm³/mol. The van der Waals surface area contributed by atoms with Gasteiger partial charge in [-0.05, 0) is 43.0 Å². The molecule has 0 aliphatic heterocycles. The quantitative estimate of drug-likeness (QED) is 0.627. The molecule has 1 atom stereocenters. The van der Waals surface area contributed by atoms with Crippen molar-refractivity contribution in [1.82, 2.24) is 15.3 Å². The van der Waals surface area contributed by atoms with Crippen molar-refractivity contribution >= 4 is 17.4 Å². The third-order valence-electron chi connectivity index (χ3n) is 4.57. The van der Waals surface area contributed by atoms with E-state index in [1.807, 2.05) is 49.4 Å². The summed E-state index contributed by atoms with van der Waals surface area (Å²) >= 11 is 0. The van der Waals surface area contributed by atoms with E-state index < -0.39 is 0 Å². The highest BCUT2D eigenvalue weighted by Crippen LogP contribution is 2.20. The Hall–Kier alpha value is -3.21. The maximum atomic E-state index is 12.7. The van der Waals surface area contributed by atoms with E-state index in [9.17, 15) is 4.79 Å². The first-order valence-corrected chi connectivity index (χ1v) is 9.51. The number of aromatic nitrogens is 2. The number of hydrogen-bond acceptors (Lipinski definition) is 4. The standard InChI is InChI=1S/C23H26N4O/c1-15(2)18-10-12-20(13-11-18)27-22-14-21(25-17(4)26-22)23(28)24-16(3)19-8-6-5-7-9-19/h5-16H,1-4H3,(H,24,28)(H,25,26,27). The Balaban J connectivity index is 1.74. The molecule has 1 unspecified atom stereocenters. The summed E-state index contributed by atoms with van der Waals surface area (Å²) in [5, 5.41) is 6.25. The molecule has 144 valence electrons. The van der Waals surface area contributed by atoms with Crippen LogP contribution in [0, 0.1) is 6.92 Å². The Morgan fingerprint density at radius 1 is 0.893 bits per heavy atom. The topological polar surface area (TPSA) is 66.9 Å². The van der Waals surface area contributed by atoms with Crippen LogP contribution >= 0.6 is 0 Å². The Morgan fingerprint density at radius 2 is 1.57 bits per heavy atom. The second kappa shape index (κ2) is 8.65. The highest BCUT2D eigenvalue weighted by atomic mass is 16.1. The van der Waals surface area contributed by atoms with Gasteiger partial charge in [0.05, 0.1) is 6.04 Å². The lowest BCUT2D eigenvalue weighted by Crippen LogP contribution is -2.27. The van der Waals surface area contributed by atoms with Crippen molar-refractivity contribution in [3.05, 3.63) is 83.3 Å². The van der Waals surface area contributed by atoms with E-state index >= 15 is 0 Å². The first-order chi connectivity index (χ1) is 13.4. The number of nitrogens with zero attached hydrogens (tertiary/aromatic N) is 2. The van der Waals surface area contributed by atoms with Crippen LogP contribution in [-0.4, -0.2) is 15.9 Å². The SMILES string of the molecule is Cc1nc(Nc2ccc(C(C)C)cc2)cc(C(=O)NC(C)c2ccccc2)n1. The Labute approximate surface area is 166 Å². The summed E-state index contributed by atoms with van der Waals surface area (Å²) in [5.41, 5.74) is 3.59. The Morgan fingerprint density at radius 3 is 2.21 bits per heavy atom. The van der Waals surface area contributed by atoms with Crippen molar-refractivity contribution in [3.63, 3.8) is 0 Å². The van der Waals surface area contributed by atoms with Crippen molar-refractivity contribution in [2.24, 2.45) is 0 Å². The van der Waals surface area contributed by atoms with E-state index in [0.29, 0.717) is 23.3 Å². The highest BCUT2D eigenvalue weighted by Gasteiger charge is 2.14. The molecule has 5 heteroatoms. The average molecular weight is 374 g/mol. The van der Waals surface area contributed by atoms with Gasteiger partial charge in [-0.25, -0.2) is 9.97 Å². The third-order valence-corrected chi connectivity index (χ3v) is 4.57. The minimum atomic E-state index is -0.222. The van der Waals surface area contributed by atoms with Gasteiger partial charge >= 0.3 is 0 Å². The van der Waals surface area contributed by atoms with Crippen LogP contribution in [0.25, 0.3) is 0 Å². The Bertz CT molecular complexity index is 937. The number of hydrogen-bond donors (Lipinski definition) is 2. The summed E-state index contributed by atoms with van der Waals surface area (Å²) in [7, 11) is 0. The summed E-state index contributed by atoms with van der Waals surface area (Å²) in [5.74, 6) is 1.40. The summed E-state index contributed by atoms with van der Waals surface area (Å²) in [6.45, 7) is 8.07. The molecule has 1 aromatic heterocycles. The van der Waals surface area contributed by atoms with Gasteiger partial charge in [0.25, 0.3) is 5.91 Å². The van der Waals surface area contributed by atoms with Crippen molar-refractivity contribution < 1.29 is 4.79 Å². The minimum Gasteiger partial charge on any atom is -0.344 e. The molecule has 0 saturated heterocycles. The maximum Gasteiger partial charge on any atom is 0.270 e. The van der Waals surface area contributed by atoms with Crippen molar-refractivity contribution in [2.45, 2.75) is 39.7 Å². The number of anilines is 2. The monoisotopic (exact) mass is 374 g/mol. The summed E-state index contributed by atoms with van der Waals surface area (Å²) in [4.78, 5) is 21.4. The van der Waals surface area contributed by atoms with Crippen LogP contribution in [0.1, 0.15) is 60.2 Å². The fourth-order valence-electron chi connectivity index (χ4n) is 2.94. The number of aryl methyl sites for hydroxylation is 1. The second-order valence-electron chi connectivity index (χ2n) is 7.19. The fourth-order valence-corrected chi connectivity index (χ4v) is 2.94. The van der Waals surface area contributed by atoms with Gasteiger partial charge < -0.3 is 10.6 Å². The molecular formula is C23H26N4O. The van der Waals surface area contributed by atoms with Crippen LogP contribution in [0.3, 0.4) is 0 Å². The molecule has 0 bridgehead atoms. The fraction of sp³-hybridized carbons (Fsp3) is 0.261. The average Bonchev–Trinajstić information content (AvgIpc) is 2.68. The van der Waals surface area contributed by atoms with Gasteiger partial charge in [0.15, 0.2) is 0 Å². The summed E-state index contributed by atoms with van der Waals surface area (Å²) in [6, 6.07) is 19.6. The number of amides is 1. The van der Waals surface area contributed by atoms with Gasteiger partial charge in [-0.15, -0.1) is 0 Å². The molecule has 1 amide bonds. The Kier molecular flexibility index (Phi) is 6.04. The van der Waals surface area contributed by atoms with Gasteiger partial charge in [-0.2, -0.15) is 0 Å². The number of benzene rings is 2. The lowest BCUT2D eigenvalue weighted by Gasteiger charge is -2.15. The number of carbonyl (C=O) groups excluding carboxylic acids is 1. The summed E-state index contributed by atoms with van der Waals surface area (Å²) in [6.07, 6.45) is 0. The van der Waals surface area contributed by atoms with Crippen molar-refractivity contribution in [1.29, 1.82) is 0 Å². The van der Waals surface area contributed by atoms with Crippen LogP contribution in [0.15, 0.2) is 60.7 Å². The van der Waals surface area contributed by atoms with Gasteiger partial charge in [0.1, 0.15) is 17.3 Å². The smallest absolute Gasteiger partial charge is 0.270 e. The van der Waals surface area contributed by atoms with E-state index in [-0.39, 0.29) is 11.9 Å². The molecule has 0 saturated carbocycles. The zero-order chi connectivity index (χ0) is 20.1. The molecule has 0 spiro atoms. The van der Waals surface area contributed by atoms with Crippen LogP contribution in [0.2, 0.25) is 0 Å². The van der Waals surface area contributed by atoms with E-state index in [0.717, 1.165) is 11.3 Å². The van der Waals surface area contributed by atoms with Gasteiger partial charge in [0, 0.05) is 11.8 Å². The van der Waals surface area contributed by atoms with Crippen molar-refractivity contribution in [2.75, 3.05) is 5.32 Å². The van der Waals surface area contributed by atoms with Crippen LogP contribution in [0.5, 0.6) is 0 Å². The van der Waals surface area contributed by atoms with Crippen LogP contribution in [-0.2, 0) is 0 Å². The lowest BCUT2D eigenvalue weighted by molar-refractivity contribution is 0.0934.